The first-order valence-corrected chi connectivity index (χ1v) is 7.90. The molecular weight excluding hydrogens is 288 g/mol. The Kier molecular flexibility index (Phi) is 5.48. The van der Waals surface area contributed by atoms with E-state index < -0.39 is 5.60 Å². The monoisotopic (exact) mass is 310 g/mol. The molecule has 0 bridgehead atoms. The van der Waals surface area contributed by atoms with Crippen LogP contribution >= 0.6 is 11.6 Å². The molecule has 0 aliphatic heterocycles. The normalized spacial score (nSPS) is 17.9. The second-order valence-electron chi connectivity index (χ2n) is 5.91. The highest BCUT2D eigenvalue weighted by Crippen LogP contribution is 2.26. The summed E-state index contributed by atoms with van der Waals surface area (Å²) in [5.74, 6) is 0. The molecule has 1 fully saturated rings. The molecule has 116 valence electrons. The standard InChI is InChI=1S/C16H23ClN2O2/c1-12-6-7-13(10-14(12)17)19-15(20)18-11-16(21)8-4-2-3-5-9-16/h6-7,10,21H,2-5,8-9,11H2,1H3,(H2,18,19,20). The van der Waals surface area contributed by atoms with Gasteiger partial charge in [0.2, 0.25) is 0 Å². The number of aryl methyl sites for hydroxylation is 1. The Balaban J connectivity index is 1.85. The van der Waals surface area contributed by atoms with E-state index in [9.17, 15) is 9.90 Å². The molecule has 3 N–H and O–H groups in total. The van der Waals surface area contributed by atoms with Gasteiger partial charge in [0.1, 0.15) is 0 Å². The molecule has 1 aliphatic carbocycles. The van der Waals surface area contributed by atoms with E-state index in [2.05, 4.69) is 10.6 Å². The third-order valence-corrected chi connectivity index (χ3v) is 4.45. The highest BCUT2D eigenvalue weighted by atomic mass is 35.5. The smallest absolute Gasteiger partial charge is 0.319 e. The van der Waals surface area contributed by atoms with Crippen molar-refractivity contribution in [1.82, 2.24) is 5.32 Å². The lowest BCUT2D eigenvalue weighted by Crippen LogP contribution is -2.44. The van der Waals surface area contributed by atoms with Gasteiger partial charge in [0.25, 0.3) is 0 Å². The Labute approximate surface area is 130 Å². The average molecular weight is 311 g/mol. The molecule has 0 saturated heterocycles. The van der Waals surface area contributed by atoms with Gasteiger partial charge in [0.05, 0.1) is 5.60 Å². The number of benzene rings is 1. The number of carbonyl (C=O) groups excluding carboxylic acids is 1. The van der Waals surface area contributed by atoms with E-state index in [0.717, 1.165) is 44.1 Å². The summed E-state index contributed by atoms with van der Waals surface area (Å²) in [6.07, 6.45) is 5.88. The number of nitrogens with one attached hydrogen (secondary N) is 2. The van der Waals surface area contributed by atoms with Crippen LogP contribution in [-0.2, 0) is 0 Å². The predicted molar refractivity (Wildman–Crippen MR) is 85.9 cm³/mol. The van der Waals surface area contributed by atoms with Crippen LogP contribution in [0.15, 0.2) is 18.2 Å². The molecule has 0 radical (unpaired) electrons. The molecule has 2 rings (SSSR count). The first kappa shape index (κ1) is 16.1. The van der Waals surface area contributed by atoms with Crippen LogP contribution in [0.4, 0.5) is 10.5 Å². The summed E-state index contributed by atoms with van der Waals surface area (Å²) in [5.41, 5.74) is 0.852. The average Bonchev–Trinajstić information content (AvgIpc) is 2.66. The lowest BCUT2D eigenvalue weighted by atomic mass is 9.95. The van der Waals surface area contributed by atoms with Crippen molar-refractivity contribution >= 4 is 23.3 Å². The molecule has 1 aromatic rings. The summed E-state index contributed by atoms with van der Waals surface area (Å²) in [5, 5.41) is 16.6. The second kappa shape index (κ2) is 7.14. The number of hydrogen-bond donors (Lipinski definition) is 3. The minimum atomic E-state index is -0.765. The van der Waals surface area contributed by atoms with Gasteiger partial charge < -0.3 is 15.7 Å². The minimum absolute atomic E-state index is 0.290. The maximum Gasteiger partial charge on any atom is 0.319 e. The topological polar surface area (TPSA) is 61.4 Å². The molecule has 0 atom stereocenters. The van der Waals surface area contributed by atoms with Gasteiger partial charge in [-0.3, -0.25) is 0 Å². The van der Waals surface area contributed by atoms with Crippen molar-refractivity contribution in [3.63, 3.8) is 0 Å². The lowest BCUT2D eigenvalue weighted by molar-refractivity contribution is 0.0281. The van der Waals surface area contributed by atoms with Crippen molar-refractivity contribution in [2.75, 3.05) is 11.9 Å². The van der Waals surface area contributed by atoms with Crippen LogP contribution in [0.5, 0.6) is 0 Å². The van der Waals surface area contributed by atoms with E-state index in [1.807, 2.05) is 13.0 Å². The third kappa shape index (κ3) is 4.90. The highest BCUT2D eigenvalue weighted by Gasteiger charge is 2.28. The largest absolute Gasteiger partial charge is 0.388 e. The number of amides is 2. The number of aliphatic hydroxyl groups is 1. The van der Waals surface area contributed by atoms with E-state index in [4.69, 9.17) is 11.6 Å². The van der Waals surface area contributed by atoms with Crippen molar-refractivity contribution < 1.29 is 9.90 Å². The van der Waals surface area contributed by atoms with E-state index in [1.54, 1.807) is 12.1 Å². The molecule has 5 heteroatoms. The van der Waals surface area contributed by atoms with Crippen LogP contribution in [0.1, 0.15) is 44.1 Å². The zero-order chi connectivity index (χ0) is 15.3. The first-order chi connectivity index (χ1) is 9.98. The van der Waals surface area contributed by atoms with Gasteiger partial charge >= 0.3 is 6.03 Å². The second-order valence-corrected chi connectivity index (χ2v) is 6.32. The van der Waals surface area contributed by atoms with Crippen molar-refractivity contribution in [3.05, 3.63) is 28.8 Å². The van der Waals surface area contributed by atoms with Gasteiger partial charge in [-0.05, 0) is 37.5 Å². The molecular formula is C16H23ClN2O2. The number of rotatable bonds is 3. The summed E-state index contributed by atoms with van der Waals surface area (Å²) in [7, 11) is 0. The quantitative estimate of drug-likeness (QED) is 0.742. The Morgan fingerprint density at radius 1 is 1.29 bits per heavy atom. The summed E-state index contributed by atoms with van der Waals surface area (Å²) in [6.45, 7) is 2.20. The van der Waals surface area contributed by atoms with E-state index >= 15 is 0 Å². The van der Waals surface area contributed by atoms with E-state index in [0.29, 0.717) is 17.3 Å². The van der Waals surface area contributed by atoms with Crippen molar-refractivity contribution in [2.45, 2.75) is 51.0 Å². The Morgan fingerprint density at radius 2 is 1.95 bits per heavy atom. The Hall–Kier alpha value is -1.26. The van der Waals surface area contributed by atoms with Gasteiger partial charge in [0, 0.05) is 17.3 Å². The van der Waals surface area contributed by atoms with Gasteiger partial charge in [-0.2, -0.15) is 0 Å². The van der Waals surface area contributed by atoms with Crippen molar-refractivity contribution in [2.24, 2.45) is 0 Å². The van der Waals surface area contributed by atoms with Gasteiger partial charge in [-0.15, -0.1) is 0 Å². The van der Waals surface area contributed by atoms with Crippen LogP contribution in [0.2, 0.25) is 5.02 Å². The fourth-order valence-electron chi connectivity index (χ4n) is 2.65. The molecule has 0 spiro atoms. The summed E-state index contributed by atoms with van der Waals surface area (Å²) in [6, 6.07) is 5.07. The fraction of sp³-hybridized carbons (Fsp3) is 0.562. The molecule has 0 heterocycles. The van der Waals surface area contributed by atoms with Crippen LogP contribution in [0.3, 0.4) is 0 Å². The molecule has 0 unspecified atom stereocenters. The van der Waals surface area contributed by atoms with Crippen LogP contribution < -0.4 is 10.6 Å². The van der Waals surface area contributed by atoms with Crippen molar-refractivity contribution in [3.8, 4) is 0 Å². The zero-order valence-electron chi connectivity index (χ0n) is 12.4. The van der Waals surface area contributed by atoms with Gasteiger partial charge in [-0.25, -0.2) is 4.79 Å². The molecule has 4 nitrogen and oxygen atoms in total. The zero-order valence-corrected chi connectivity index (χ0v) is 13.2. The summed E-state index contributed by atoms with van der Waals surface area (Å²) < 4.78 is 0. The number of halogens is 1. The molecule has 21 heavy (non-hydrogen) atoms. The van der Waals surface area contributed by atoms with E-state index in [-0.39, 0.29) is 6.03 Å². The van der Waals surface area contributed by atoms with E-state index in [1.165, 1.54) is 0 Å². The third-order valence-electron chi connectivity index (χ3n) is 4.04. The molecule has 1 aliphatic rings. The molecule has 1 saturated carbocycles. The van der Waals surface area contributed by atoms with Crippen LogP contribution in [-0.4, -0.2) is 23.3 Å². The van der Waals surface area contributed by atoms with Crippen LogP contribution in [0.25, 0.3) is 0 Å². The summed E-state index contributed by atoms with van der Waals surface area (Å²) in [4.78, 5) is 11.9. The molecule has 0 aromatic heterocycles. The van der Waals surface area contributed by atoms with Gasteiger partial charge in [-0.1, -0.05) is 43.4 Å². The first-order valence-electron chi connectivity index (χ1n) is 7.52. The minimum Gasteiger partial charge on any atom is -0.388 e. The molecule has 1 aromatic carbocycles. The maximum atomic E-state index is 11.9. The predicted octanol–water partition coefficient (Wildman–Crippen LogP) is 3.86. The lowest BCUT2D eigenvalue weighted by Gasteiger charge is -2.26. The molecule has 2 amide bonds. The SMILES string of the molecule is Cc1ccc(NC(=O)NCC2(O)CCCCCC2)cc1Cl. The number of anilines is 1. The number of carbonyl (C=O) groups is 1. The summed E-state index contributed by atoms with van der Waals surface area (Å²) >= 11 is 6.02. The highest BCUT2D eigenvalue weighted by molar-refractivity contribution is 6.31. The number of urea groups is 1. The van der Waals surface area contributed by atoms with Crippen molar-refractivity contribution in [1.29, 1.82) is 0 Å². The Bertz CT molecular complexity index is 497. The van der Waals surface area contributed by atoms with Crippen LogP contribution in [0, 0.1) is 6.92 Å². The Morgan fingerprint density at radius 3 is 2.57 bits per heavy atom. The maximum absolute atomic E-state index is 11.9. The fourth-order valence-corrected chi connectivity index (χ4v) is 2.83. The number of hydrogen-bond acceptors (Lipinski definition) is 2. The van der Waals surface area contributed by atoms with Gasteiger partial charge in [0.15, 0.2) is 0 Å².